The molecule has 0 saturated carbocycles. The van der Waals surface area contributed by atoms with Gasteiger partial charge in [0.15, 0.2) is 4.34 Å². The number of hydrogen-bond acceptors (Lipinski definition) is 7. The highest BCUT2D eigenvalue weighted by molar-refractivity contribution is 8.01. The molecule has 3 N–H and O–H groups in total. The summed E-state index contributed by atoms with van der Waals surface area (Å²) in [6, 6.07) is 14.1. The molecule has 8 nitrogen and oxygen atoms in total. The van der Waals surface area contributed by atoms with Crippen molar-refractivity contribution in [2.45, 2.75) is 24.6 Å². The number of nitrogens with one attached hydrogen (secondary N) is 3. The molecule has 0 radical (unpaired) electrons. The Labute approximate surface area is 200 Å². The van der Waals surface area contributed by atoms with Gasteiger partial charge in [0, 0.05) is 23.7 Å². The van der Waals surface area contributed by atoms with Crippen molar-refractivity contribution in [2.24, 2.45) is 0 Å². The number of thioether (sulfide) groups is 1. The van der Waals surface area contributed by atoms with Gasteiger partial charge in [0.05, 0.1) is 30.2 Å². The number of nitrogens with zero attached hydrogens (tertiary/aromatic N) is 1. The number of benzene rings is 2. The lowest BCUT2D eigenvalue weighted by Gasteiger charge is -2.10. The Bertz CT molecular complexity index is 1120. The second-order valence-electron chi connectivity index (χ2n) is 6.85. The molecule has 1 aromatic heterocycles. The van der Waals surface area contributed by atoms with Gasteiger partial charge in [-0.3, -0.25) is 14.4 Å². The SMILES string of the molecule is CCOc1ccccc1NC(=O)Cc1csc(SCC(=O)Nc2ccc(NC(C)=O)cc2)n1. The van der Waals surface area contributed by atoms with Gasteiger partial charge in [0.25, 0.3) is 0 Å². The maximum Gasteiger partial charge on any atom is 0.234 e. The Morgan fingerprint density at radius 2 is 1.67 bits per heavy atom. The van der Waals surface area contributed by atoms with E-state index in [0.29, 0.717) is 39.5 Å². The van der Waals surface area contributed by atoms with Crippen LogP contribution in [0.5, 0.6) is 5.75 Å². The smallest absolute Gasteiger partial charge is 0.234 e. The standard InChI is InChI=1S/C23H24N4O4S2/c1-3-31-20-7-5-4-6-19(20)27-21(29)12-18-13-32-23(26-18)33-14-22(30)25-17-10-8-16(9-11-17)24-15(2)28/h4-11,13H,3,12,14H2,1-2H3,(H,24,28)(H,25,30)(H,27,29). The van der Waals surface area contributed by atoms with Crippen LogP contribution in [0.25, 0.3) is 0 Å². The van der Waals surface area contributed by atoms with Gasteiger partial charge in [0.2, 0.25) is 17.7 Å². The summed E-state index contributed by atoms with van der Waals surface area (Å²) in [7, 11) is 0. The highest BCUT2D eigenvalue weighted by Crippen LogP contribution is 2.25. The Kier molecular flexibility index (Phi) is 8.85. The molecule has 0 saturated heterocycles. The van der Waals surface area contributed by atoms with Crippen LogP contribution in [0.2, 0.25) is 0 Å². The summed E-state index contributed by atoms with van der Waals surface area (Å²) < 4.78 is 6.24. The summed E-state index contributed by atoms with van der Waals surface area (Å²) in [5.74, 6) is 0.296. The van der Waals surface area contributed by atoms with Gasteiger partial charge in [0.1, 0.15) is 5.75 Å². The second kappa shape index (κ2) is 12.0. The van der Waals surface area contributed by atoms with Crippen molar-refractivity contribution in [3.63, 3.8) is 0 Å². The summed E-state index contributed by atoms with van der Waals surface area (Å²) in [6.07, 6.45) is 0.129. The van der Waals surface area contributed by atoms with Crippen molar-refractivity contribution >= 4 is 57.9 Å². The van der Waals surface area contributed by atoms with E-state index < -0.39 is 0 Å². The maximum absolute atomic E-state index is 12.4. The van der Waals surface area contributed by atoms with E-state index in [2.05, 4.69) is 20.9 Å². The van der Waals surface area contributed by atoms with Crippen molar-refractivity contribution in [2.75, 3.05) is 28.3 Å². The molecule has 10 heteroatoms. The van der Waals surface area contributed by atoms with Crippen molar-refractivity contribution in [1.82, 2.24) is 4.98 Å². The minimum absolute atomic E-state index is 0.129. The van der Waals surface area contributed by atoms with Gasteiger partial charge in [-0.2, -0.15) is 0 Å². The quantitative estimate of drug-likeness (QED) is 0.368. The van der Waals surface area contributed by atoms with Gasteiger partial charge in [-0.1, -0.05) is 23.9 Å². The predicted molar refractivity (Wildman–Crippen MR) is 132 cm³/mol. The Morgan fingerprint density at radius 1 is 0.970 bits per heavy atom. The molecule has 0 aliphatic carbocycles. The number of carbonyl (C=O) groups is 3. The number of carbonyl (C=O) groups excluding carboxylic acids is 3. The van der Waals surface area contributed by atoms with E-state index in [1.165, 1.54) is 30.0 Å². The van der Waals surface area contributed by atoms with Crippen LogP contribution in [-0.2, 0) is 20.8 Å². The van der Waals surface area contributed by atoms with Crippen LogP contribution < -0.4 is 20.7 Å². The van der Waals surface area contributed by atoms with Gasteiger partial charge in [-0.25, -0.2) is 4.98 Å². The molecule has 3 amide bonds. The van der Waals surface area contributed by atoms with Crippen LogP contribution in [-0.4, -0.2) is 35.1 Å². The lowest BCUT2D eigenvalue weighted by Crippen LogP contribution is -2.15. The Morgan fingerprint density at radius 3 is 2.36 bits per heavy atom. The fourth-order valence-electron chi connectivity index (χ4n) is 2.81. The number of anilines is 3. The number of rotatable bonds is 10. The topological polar surface area (TPSA) is 109 Å². The van der Waals surface area contributed by atoms with E-state index >= 15 is 0 Å². The molecule has 0 aliphatic heterocycles. The van der Waals surface area contributed by atoms with Gasteiger partial charge in [-0.15, -0.1) is 11.3 Å². The maximum atomic E-state index is 12.4. The monoisotopic (exact) mass is 484 g/mol. The third-order valence-electron chi connectivity index (χ3n) is 4.15. The van der Waals surface area contributed by atoms with Crippen LogP contribution >= 0.6 is 23.1 Å². The molecule has 0 aliphatic rings. The molecule has 0 bridgehead atoms. The first kappa shape index (κ1) is 24.3. The van der Waals surface area contributed by atoms with E-state index in [0.717, 1.165) is 0 Å². The molecule has 0 atom stereocenters. The average Bonchev–Trinajstić information content (AvgIpc) is 3.22. The summed E-state index contributed by atoms with van der Waals surface area (Å²) in [5, 5.41) is 10.1. The summed E-state index contributed by atoms with van der Waals surface area (Å²) in [4.78, 5) is 40.1. The van der Waals surface area contributed by atoms with Crippen LogP contribution in [0, 0.1) is 0 Å². The molecular weight excluding hydrogens is 460 g/mol. The van der Waals surface area contributed by atoms with E-state index in [4.69, 9.17) is 4.74 Å². The lowest BCUT2D eigenvalue weighted by atomic mass is 10.2. The Hall–Kier alpha value is -3.37. The number of aromatic nitrogens is 1. The number of ether oxygens (including phenoxy) is 1. The third-order valence-corrected chi connectivity index (χ3v) is 6.22. The first-order valence-corrected chi connectivity index (χ1v) is 12.1. The Balaban J connectivity index is 1.46. The number of para-hydroxylation sites is 2. The van der Waals surface area contributed by atoms with E-state index in [1.54, 1.807) is 36.4 Å². The van der Waals surface area contributed by atoms with Gasteiger partial charge < -0.3 is 20.7 Å². The second-order valence-corrected chi connectivity index (χ2v) is 8.93. The molecule has 0 unspecified atom stereocenters. The minimum atomic E-state index is -0.190. The van der Waals surface area contributed by atoms with E-state index in [1.807, 2.05) is 24.4 Å². The van der Waals surface area contributed by atoms with Crippen molar-refractivity contribution in [1.29, 1.82) is 0 Å². The molecule has 1 heterocycles. The molecular formula is C23H24N4O4S2. The van der Waals surface area contributed by atoms with Crippen molar-refractivity contribution < 1.29 is 19.1 Å². The van der Waals surface area contributed by atoms with Crippen LogP contribution in [0.15, 0.2) is 58.3 Å². The van der Waals surface area contributed by atoms with E-state index in [9.17, 15) is 14.4 Å². The first-order valence-electron chi connectivity index (χ1n) is 10.2. The molecule has 172 valence electrons. The molecule has 0 spiro atoms. The van der Waals surface area contributed by atoms with Gasteiger partial charge in [-0.05, 0) is 43.3 Å². The normalized spacial score (nSPS) is 10.4. The van der Waals surface area contributed by atoms with E-state index in [-0.39, 0.29) is 29.9 Å². The zero-order valence-corrected chi connectivity index (χ0v) is 19.8. The predicted octanol–water partition coefficient (Wildman–Crippen LogP) is 4.41. The highest BCUT2D eigenvalue weighted by Gasteiger charge is 2.12. The van der Waals surface area contributed by atoms with Crippen molar-refractivity contribution in [3.8, 4) is 5.75 Å². The van der Waals surface area contributed by atoms with Crippen molar-refractivity contribution in [3.05, 3.63) is 59.6 Å². The number of amides is 3. The molecule has 3 aromatic rings. The highest BCUT2D eigenvalue weighted by atomic mass is 32.2. The summed E-state index contributed by atoms with van der Waals surface area (Å²) in [5.41, 5.74) is 2.56. The number of hydrogen-bond donors (Lipinski definition) is 3. The van der Waals surface area contributed by atoms with Crippen LogP contribution in [0.1, 0.15) is 19.5 Å². The fraction of sp³-hybridized carbons (Fsp3) is 0.217. The number of thiazole rings is 1. The molecule has 2 aromatic carbocycles. The van der Waals surface area contributed by atoms with Crippen LogP contribution in [0.3, 0.4) is 0 Å². The average molecular weight is 485 g/mol. The zero-order valence-electron chi connectivity index (χ0n) is 18.2. The molecule has 33 heavy (non-hydrogen) atoms. The molecule has 0 fully saturated rings. The first-order chi connectivity index (χ1) is 15.9. The zero-order chi connectivity index (χ0) is 23.6. The minimum Gasteiger partial charge on any atom is -0.492 e. The fourth-order valence-corrected chi connectivity index (χ4v) is 4.46. The van der Waals surface area contributed by atoms with Gasteiger partial charge >= 0.3 is 0 Å². The molecule has 3 rings (SSSR count). The largest absolute Gasteiger partial charge is 0.492 e. The van der Waals surface area contributed by atoms with Crippen LogP contribution in [0.4, 0.5) is 17.1 Å². The summed E-state index contributed by atoms with van der Waals surface area (Å²) >= 11 is 2.70. The third kappa shape index (κ3) is 7.92. The summed E-state index contributed by atoms with van der Waals surface area (Å²) in [6.45, 7) is 3.83. The lowest BCUT2D eigenvalue weighted by molar-refractivity contribution is -0.116.